The lowest BCUT2D eigenvalue weighted by atomic mass is 10.2. The Hall–Kier alpha value is -1.50. The molecule has 4 nitrogen and oxygen atoms in total. The van der Waals surface area contributed by atoms with Crippen LogP contribution in [0.4, 0.5) is 13.2 Å². The van der Waals surface area contributed by atoms with Crippen molar-refractivity contribution in [2.24, 2.45) is 5.73 Å². The fraction of sp³-hybridized carbons (Fsp3) is 0.375. The van der Waals surface area contributed by atoms with Gasteiger partial charge in [-0.25, -0.2) is 4.98 Å². The number of nitrogens with two attached hydrogens (primary N) is 1. The third kappa shape index (κ3) is 2.98. The molecule has 0 aliphatic carbocycles. The summed E-state index contributed by atoms with van der Waals surface area (Å²) >= 11 is 0. The van der Waals surface area contributed by atoms with E-state index in [0.717, 1.165) is 6.07 Å². The normalized spacial score (nSPS) is 11.5. The monoisotopic (exact) mass is 222 g/mol. The third-order valence-corrected chi connectivity index (χ3v) is 1.66. The summed E-state index contributed by atoms with van der Waals surface area (Å²) in [6.07, 6.45) is -4.82. The second-order valence-corrected chi connectivity index (χ2v) is 2.81. The number of aromatic hydroxyl groups is 1. The minimum atomic E-state index is -4.82. The van der Waals surface area contributed by atoms with Crippen LogP contribution in [0.3, 0.4) is 0 Å². The molecule has 7 heteroatoms. The van der Waals surface area contributed by atoms with Gasteiger partial charge in [0.05, 0.1) is 5.69 Å². The Labute approximate surface area is 83.5 Å². The Morgan fingerprint density at radius 1 is 1.53 bits per heavy atom. The van der Waals surface area contributed by atoms with Gasteiger partial charge in [0.1, 0.15) is 5.75 Å². The van der Waals surface area contributed by atoms with Crippen LogP contribution in [0.5, 0.6) is 11.6 Å². The predicted molar refractivity (Wildman–Crippen MR) is 45.2 cm³/mol. The van der Waals surface area contributed by atoms with Gasteiger partial charge >= 0.3 is 6.36 Å². The molecule has 0 aromatic carbocycles. The molecule has 0 unspecified atom stereocenters. The molecule has 84 valence electrons. The molecular formula is C8H9F3N2O2. The number of pyridine rings is 1. The van der Waals surface area contributed by atoms with Crippen LogP contribution >= 0.6 is 0 Å². The molecule has 15 heavy (non-hydrogen) atoms. The van der Waals surface area contributed by atoms with E-state index in [1.807, 2.05) is 0 Å². The molecule has 1 rings (SSSR count). The zero-order valence-electron chi connectivity index (χ0n) is 7.80. The summed E-state index contributed by atoms with van der Waals surface area (Å²) in [5.74, 6) is -0.842. The molecule has 0 aliphatic rings. The highest BCUT2D eigenvalue weighted by Gasteiger charge is 2.33. The van der Waals surface area contributed by atoms with Crippen LogP contribution in [0.1, 0.15) is 11.3 Å². The van der Waals surface area contributed by atoms with Gasteiger partial charge in [0, 0.05) is 12.1 Å². The fourth-order valence-corrected chi connectivity index (χ4v) is 0.957. The molecule has 0 radical (unpaired) electrons. The number of ether oxygens (including phenoxy) is 1. The molecule has 0 fully saturated rings. The summed E-state index contributed by atoms with van der Waals surface area (Å²) in [4.78, 5) is 3.46. The quantitative estimate of drug-likeness (QED) is 0.794. The highest BCUT2D eigenvalue weighted by Crippen LogP contribution is 2.28. The Morgan fingerprint density at radius 2 is 2.13 bits per heavy atom. The summed E-state index contributed by atoms with van der Waals surface area (Å²) < 4.78 is 39.4. The van der Waals surface area contributed by atoms with E-state index in [0.29, 0.717) is 0 Å². The third-order valence-electron chi connectivity index (χ3n) is 1.66. The van der Waals surface area contributed by atoms with Crippen LogP contribution in [0.15, 0.2) is 6.07 Å². The van der Waals surface area contributed by atoms with E-state index in [2.05, 4.69) is 9.72 Å². The van der Waals surface area contributed by atoms with Crippen molar-refractivity contribution in [3.8, 4) is 11.6 Å². The summed E-state index contributed by atoms with van der Waals surface area (Å²) in [7, 11) is 0. The number of nitrogens with zero attached hydrogens (tertiary/aromatic N) is 1. The van der Waals surface area contributed by atoms with Gasteiger partial charge in [-0.05, 0) is 13.0 Å². The van der Waals surface area contributed by atoms with Crippen molar-refractivity contribution in [3.05, 3.63) is 17.3 Å². The number of alkyl halides is 3. The SMILES string of the molecule is Cc1nc(OC(F)(F)F)c(CN)cc1O. The van der Waals surface area contributed by atoms with Crippen molar-refractivity contribution < 1.29 is 23.0 Å². The first-order chi connectivity index (χ1) is 6.83. The summed E-state index contributed by atoms with van der Waals surface area (Å²) in [6, 6.07) is 1.10. The van der Waals surface area contributed by atoms with E-state index in [1.54, 1.807) is 0 Å². The molecular weight excluding hydrogens is 213 g/mol. The van der Waals surface area contributed by atoms with E-state index in [-0.39, 0.29) is 23.6 Å². The van der Waals surface area contributed by atoms with Crippen molar-refractivity contribution in [1.29, 1.82) is 0 Å². The molecule has 0 aliphatic heterocycles. The molecule has 1 aromatic heterocycles. The minimum absolute atomic E-state index is 0.00424. The molecule has 0 bridgehead atoms. The average molecular weight is 222 g/mol. The number of aromatic nitrogens is 1. The van der Waals surface area contributed by atoms with Crippen molar-refractivity contribution >= 4 is 0 Å². The minimum Gasteiger partial charge on any atom is -0.506 e. The molecule has 1 heterocycles. The summed E-state index contributed by atoms with van der Waals surface area (Å²) in [5, 5.41) is 9.20. The zero-order valence-corrected chi connectivity index (χ0v) is 7.80. The highest BCUT2D eigenvalue weighted by molar-refractivity contribution is 5.37. The van der Waals surface area contributed by atoms with Crippen LogP contribution in [0.25, 0.3) is 0 Å². The highest BCUT2D eigenvalue weighted by atomic mass is 19.4. The molecule has 0 amide bonds. The van der Waals surface area contributed by atoms with Gasteiger partial charge in [-0.15, -0.1) is 13.2 Å². The van der Waals surface area contributed by atoms with Crippen LogP contribution in [0, 0.1) is 6.92 Å². The van der Waals surface area contributed by atoms with E-state index in [4.69, 9.17) is 5.73 Å². The number of rotatable bonds is 2. The van der Waals surface area contributed by atoms with Gasteiger partial charge in [0.25, 0.3) is 0 Å². The molecule has 3 N–H and O–H groups in total. The largest absolute Gasteiger partial charge is 0.574 e. The average Bonchev–Trinajstić information content (AvgIpc) is 2.08. The molecule has 0 atom stereocenters. The van der Waals surface area contributed by atoms with Crippen molar-refractivity contribution in [2.75, 3.05) is 0 Å². The van der Waals surface area contributed by atoms with Crippen LogP contribution in [-0.4, -0.2) is 16.5 Å². The Kier molecular flexibility index (Phi) is 3.04. The maximum Gasteiger partial charge on any atom is 0.574 e. The second-order valence-electron chi connectivity index (χ2n) is 2.81. The van der Waals surface area contributed by atoms with Crippen LogP contribution in [0.2, 0.25) is 0 Å². The lowest BCUT2D eigenvalue weighted by molar-refractivity contribution is -0.276. The first-order valence-corrected chi connectivity index (χ1v) is 3.99. The van der Waals surface area contributed by atoms with E-state index >= 15 is 0 Å². The Balaban J connectivity index is 3.11. The number of halogens is 3. The summed E-state index contributed by atoms with van der Waals surface area (Å²) in [5.41, 5.74) is 5.23. The predicted octanol–water partition coefficient (Wildman–Crippen LogP) is 1.45. The first-order valence-electron chi connectivity index (χ1n) is 3.99. The van der Waals surface area contributed by atoms with Crippen LogP contribution in [-0.2, 0) is 6.54 Å². The van der Waals surface area contributed by atoms with Gasteiger partial charge in [-0.1, -0.05) is 0 Å². The standard InChI is InChI=1S/C8H9F3N2O2/c1-4-6(14)2-5(3-12)7(13-4)15-8(9,10)11/h2,14H,3,12H2,1H3. The fourth-order valence-electron chi connectivity index (χ4n) is 0.957. The maximum absolute atomic E-state index is 11.9. The molecule has 0 saturated heterocycles. The second kappa shape index (κ2) is 3.93. The topological polar surface area (TPSA) is 68.4 Å². The Morgan fingerprint density at radius 3 is 2.60 bits per heavy atom. The van der Waals surface area contributed by atoms with Gasteiger partial charge in [0.15, 0.2) is 0 Å². The van der Waals surface area contributed by atoms with E-state index in [1.165, 1.54) is 6.92 Å². The summed E-state index contributed by atoms with van der Waals surface area (Å²) in [6.45, 7) is 1.16. The Bertz CT molecular complexity index is 366. The van der Waals surface area contributed by atoms with Gasteiger partial charge in [0.2, 0.25) is 5.88 Å². The lowest BCUT2D eigenvalue weighted by Crippen LogP contribution is -2.20. The van der Waals surface area contributed by atoms with Crippen molar-refractivity contribution in [3.63, 3.8) is 0 Å². The van der Waals surface area contributed by atoms with Crippen molar-refractivity contribution in [1.82, 2.24) is 4.98 Å². The zero-order chi connectivity index (χ0) is 11.6. The van der Waals surface area contributed by atoms with E-state index < -0.39 is 12.2 Å². The van der Waals surface area contributed by atoms with Gasteiger partial charge < -0.3 is 15.6 Å². The number of hydrogen-bond acceptors (Lipinski definition) is 4. The molecule has 0 saturated carbocycles. The van der Waals surface area contributed by atoms with Crippen LogP contribution < -0.4 is 10.5 Å². The molecule has 0 spiro atoms. The molecule has 1 aromatic rings. The number of hydrogen-bond donors (Lipinski definition) is 2. The van der Waals surface area contributed by atoms with Crippen molar-refractivity contribution in [2.45, 2.75) is 19.8 Å². The van der Waals surface area contributed by atoms with E-state index in [9.17, 15) is 18.3 Å². The lowest BCUT2D eigenvalue weighted by Gasteiger charge is -2.12. The first kappa shape index (κ1) is 11.6. The maximum atomic E-state index is 11.9. The number of aryl methyl sites for hydroxylation is 1. The van der Waals surface area contributed by atoms with Gasteiger partial charge in [-0.2, -0.15) is 0 Å². The van der Waals surface area contributed by atoms with Gasteiger partial charge in [-0.3, -0.25) is 0 Å². The smallest absolute Gasteiger partial charge is 0.506 e.